The number of rotatable bonds is 15. The highest BCUT2D eigenvalue weighted by molar-refractivity contribution is 6.73. The highest BCUT2D eigenvalue weighted by atomic mass is 28.4. The molecule has 166 valence electrons. The third-order valence-corrected chi connectivity index (χ3v) is 9.77. The Hall–Kier alpha value is -0.0231. The van der Waals surface area contributed by atoms with Crippen molar-refractivity contribution in [3.8, 4) is 0 Å². The van der Waals surface area contributed by atoms with Crippen LogP contribution in [0.5, 0.6) is 0 Å². The monoisotopic (exact) mass is 408 g/mol. The van der Waals surface area contributed by atoms with Gasteiger partial charge in [-0.1, -0.05) is 20.8 Å². The predicted octanol–water partition coefficient (Wildman–Crippen LogP) is 3.27. The molecule has 0 rings (SSSR count). The molecule has 2 atom stereocenters. The van der Waals surface area contributed by atoms with Crippen LogP contribution in [0.25, 0.3) is 0 Å². The Bertz CT molecular complexity index is 334. The van der Waals surface area contributed by atoms with Crippen molar-refractivity contribution < 1.29 is 19.0 Å². The molecule has 0 aliphatic heterocycles. The van der Waals surface area contributed by atoms with Gasteiger partial charge in [0.2, 0.25) is 0 Å². The minimum absolute atomic E-state index is 0.195. The summed E-state index contributed by atoms with van der Waals surface area (Å²) in [7, 11) is -1.58. The van der Waals surface area contributed by atoms with Crippen LogP contribution in [0, 0.1) is 0 Å². The average Bonchev–Trinajstić information content (AvgIpc) is 2.64. The minimum atomic E-state index is -1.58. The lowest BCUT2D eigenvalue weighted by Crippen LogP contribution is -2.49. The molecule has 0 aromatic rings. The van der Waals surface area contributed by atoms with E-state index in [0.717, 1.165) is 13.0 Å². The van der Waals surface area contributed by atoms with Gasteiger partial charge in [-0.25, -0.2) is 0 Å². The lowest BCUT2D eigenvalue weighted by atomic mass is 10.0. The van der Waals surface area contributed by atoms with Gasteiger partial charge in [0.1, 0.15) is 0 Å². The van der Waals surface area contributed by atoms with Crippen molar-refractivity contribution in [1.29, 1.82) is 0 Å². The molecule has 0 spiro atoms. The molecule has 0 saturated heterocycles. The molecule has 0 aliphatic rings. The third kappa shape index (κ3) is 13.7. The van der Waals surface area contributed by atoms with Gasteiger partial charge in [0, 0.05) is 13.2 Å². The van der Waals surface area contributed by atoms with Gasteiger partial charge < -0.3 is 30.5 Å². The van der Waals surface area contributed by atoms with E-state index in [1.54, 1.807) is 6.92 Å². The van der Waals surface area contributed by atoms with Crippen LogP contribution in [0.2, 0.25) is 18.1 Å². The summed E-state index contributed by atoms with van der Waals surface area (Å²) in [5.41, 5.74) is 10.0. The SMILES string of the molecule is CCOC[C@@](C)(CCN)O[Si](CC)(CC)CC.CCOC[C@](C)(O)CCN. The molecule has 7 heteroatoms. The predicted molar refractivity (Wildman–Crippen MR) is 118 cm³/mol. The van der Waals surface area contributed by atoms with Crippen molar-refractivity contribution >= 4 is 8.32 Å². The number of ether oxygens (including phenoxy) is 2. The first kappa shape index (κ1) is 29.2. The van der Waals surface area contributed by atoms with Gasteiger partial charge in [-0.15, -0.1) is 0 Å². The van der Waals surface area contributed by atoms with Gasteiger partial charge in [-0.3, -0.25) is 0 Å². The molecule has 0 aromatic heterocycles. The van der Waals surface area contributed by atoms with Crippen LogP contribution in [0.1, 0.15) is 61.3 Å². The van der Waals surface area contributed by atoms with Gasteiger partial charge in [0.05, 0.1) is 24.4 Å². The van der Waals surface area contributed by atoms with E-state index in [1.165, 1.54) is 18.1 Å². The summed E-state index contributed by atoms with van der Waals surface area (Å²) >= 11 is 0. The molecule has 0 saturated carbocycles. The van der Waals surface area contributed by atoms with E-state index >= 15 is 0 Å². The zero-order chi connectivity index (χ0) is 21.4. The van der Waals surface area contributed by atoms with Crippen molar-refractivity contribution in [1.82, 2.24) is 0 Å². The van der Waals surface area contributed by atoms with E-state index in [0.29, 0.717) is 39.3 Å². The molecule has 0 aliphatic carbocycles. The Balaban J connectivity index is 0. The summed E-state index contributed by atoms with van der Waals surface area (Å²) in [5.74, 6) is 0. The number of aliphatic hydroxyl groups is 1. The second-order valence-electron chi connectivity index (χ2n) is 7.64. The lowest BCUT2D eigenvalue weighted by molar-refractivity contribution is -0.0338. The normalized spacial score (nSPS) is 16.2. The zero-order valence-electron chi connectivity index (χ0n) is 19.1. The fourth-order valence-electron chi connectivity index (χ4n) is 2.97. The summed E-state index contributed by atoms with van der Waals surface area (Å²) in [6.45, 7) is 18.1. The Labute approximate surface area is 169 Å². The second-order valence-corrected chi connectivity index (χ2v) is 12.3. The molecule has 0 bridgehead atoms. The third-order valence-electron chi connectivity index (χ3n) is 4.98. The Morgan fingerprint density at radius 1 is 0.778 bits per heavy atom. The Morgan fingerprint density at radius 3 is 1.59 bits per heavy atom. The molecular weight excluding hydrogens is 360 g/mol. The van der Waals surface area contributed by atoms with E-state index < -0.39 is 13.9 Å². The van der Waals surface area contributed by atoms with Gasteiger partial charge >= 0.3 is 0 Å². The van der Waals surface area contributed by atoms with Crippen LogP contribution in [-0.4, -0.2) is 64.1 Å². The largest absolute Gasteiger partial charge is 0.409 e. The minimum Gasteiger partial charge on any atom is -0.409 e. The topological polar surface area (TPSA) is 100.0 Å². The molecule has 27 heavy (non-hydrogen) atoms. The standard InChI is InChI=1S/C13H31NO2Si.C7H17NO2/c1-6-15-12-13(5,10-11-14)16-17(7-2,8-3)9-4;1-3-10-6-7(2,9)4-5-8/h6-12,14H2,1-5H3;9H,3-6,8H2,1-2H3/t13-;7-/m11/s1. The molecular formula is C20H48N2O4Si. The average molecular weight is 409 g/mol. The van der Waals surface area contributed by atoms with Crippen molar-refractivity contribution in [3.63, 3.8) is 0 Å². The first-order valence-electron chi connectivity index (χ1n) is 10.6. The second kappa shape index (κ2) is 15.8. The van der Waals surface area contributed by atoms with Crippen molar-refractivity contribution in [3.05, 3.63) is 0 Å². The summed E-state index contributed by atoms with van der Waals surface area (Å²) < 4.78 is 17.2. The van der Waals surface area contributed by atoms with Crippen LogP contribution in [-0.2, 0) is 13.9 Å². The van der Waals surface area contributed by atoms with Crippen LogP contribution in [0.4, 0.5) is 0 Å². The Kier molecular flexibility index (Phi) is 17.1. The fourth-order valence-corrected chi connectivity index (χ4v) is 6.11. The van der Waals surface area contributed by atoms with Crippen molar-refractivity contribution in [2.45, 2.75) is 90.6 Å². The quantitative estimate of drug-likeness (QED) is 0.360. The first-order valence-corrected chi connectivity index (χ1v) is 13.1. The van der Waals surface area contributed by atoms with Crippen LogP contribution >= 0.6 is 0 Å². The van der Waals surface area contributed by atoms with Gasteiger partial charge in [0.25, 0.3) is 0 Å². The van der Waals surface area contributed by atoms with E-state index in [2.05, 4.69) is 27.7 Å². The van der Waals surface area contributed by atoms with Crippen LogP contribution < -0.4 is 11.5 Å². The maximum absolute atomic E-state index is 9.44. The van der Waals surface area contributed by atoms with Gasteiger partial charge in [-0.05, 0) is 71.8 Å². The van der Waals surface area contributed by atoms with E-state index in [1.807, 2.05) is 13.8 Å². The molecule has 0 heterocycles. The molecule has 0 radical (unpaired) electrons. The summed E-state index contributed by atoms with van der Waals surface area (Å²) in [6, 6.07) is 3.52. The number of nitrogens with two attached hydrogens (primary N) is 2. The van der Waals surface area contributed by atoms with Crippen molar-refractivity contribution in [2.75, 3.05) is 39.5 Å². The fraction of sp³-hybridized carbons (Fsp3) is 1.00. The van der Waals surface area contributed by atoms with Gasteiger partial charge in [0.15, 0.2) is 8.32 Å². The zero-order valence-corrected chi connectivity index (χ0v) is 20.1. The van der Waals surface area contributed by atoms with Gasteiger partial charge in [-0.2, -0.15) is 0 Å². The maximum Gasteiger partial charge on any atom is 0.192 e. The van der Waals surface area contributed by atoms with Crippen LogP contribution in [0.15, 0.2) is 0 Å². The number of hydrogen-bond donors (Lipinski definition) is 3. The molecule has 6 nitrogen and oxygen atoms in total. The molecule has 0 aromatic carbocycles. The van der Waals surface area contributed by atoms with Crippen molar-refractivity contribution in [2.24, 2.45) is 11.5 Å². The van der Waals surface area contributed by atoms with E-state index in [4.69, 9.17) is 25.4 Å². The summed E-state index contributed by atoms with van der Waals surface area (Å²) in [4.78, 5) is 0. The Morgan fingerprint density at radius 2 is 1.22 bits per heavy atom. The molecule has 0 amide bonds. The smallest absolute Gasteiger partial charge is 0.192 e. The summed E-state index contributed by atoms with van der Waals surface area (Å²) in [5, 5.41) is 9.44. The highest BCUT2D eigenvalue weighted by Crippen LogP contribution is 2.29. The highest BCUT2D eigenvalue weighted by Gasteiger charge is 2.37. The number of hydrogen-bond acceptors (Lipinski definition) is 6. The van der Waals surface area contributed by atoms with Crippen LogP contribution in [0.3, 0.4) is 0 Å². The molecule has 0 unspecified atom stereocenters. The van der Waals surface area contributed by atoms with E-state index in [9.17, 15) is 5.11 Å². The molecule has 0 fully saturated rings. The summed E-state index contributed by atoms with van der Waals surface area (Å²) in [6.07, 6.45) is 1.47. The molecule has 5 N–H and O–H groups in total. The maximum atomic E-state index is 9.44. The first-order chi connectivity index (χ1) is 12.6. The lowest BCUT2D eigenvalue weighted by Gasteiger charge is -2.40. The van der Waals surface area contributed by atoms with E-state index in [-0.39, 0.29) is 5.60 Å².